The van der Waals surface area contributed by atoms with E-state index in [-0.39, 0.29) is 24.1 Å². The summed E-state index contributed by atoms with van der Waals surface area (Å²) in [7, 11) is -3.83. The van der Waals surface area contributed by atoms with Gasteiger partial charge in [-0.3, -0.25) is 4.79 Å². The third-order valence-corrected chi connectivity index (χ3v) is 5.15. The molecule has 8 heteroatoms. The maximum Gasteiger partial charge on any atom is 0.242 e. The van der Waals surface area contributed by atoms with E-state index in [0.717, 1.165) is 5.69 Å². The summed E-state index contributed by atoms with van der Waals surface area (Å²) in [5, 5.41) is 0. The van der Waals surface area contributed by atoms with E-state index in [0.29, 0.717) is 18.0 Å². The van der Waals surface area contributed by atoms with E-state index in [2.05, 4.69) is 4.72 Å². The number of hydrogen-bond acceptors (Lipinski definition) is 5. The average molecular weight is 362 g/mol. The van der Waals surface area contributed by atoms with Gasteiger partial charge in [0.1, 0.15) is 0 Å². The Morgan fingerprint density at radius 3 is 2.56 bits per heavy atom. The fourth-order valence-corrected chi connectivity index (χ4v) is 3.48. The normalized spacial score (nSPS) is 12.8. The smallest absolute Gasteiger partial charge is 0.242 e. The highest BCUT2D eigenvalue weighted by Gasteiger charge is 2.22. The molecule has 0 fully saturated rings. The van der Waals surface area contributed by atoms with Crippen molar-refractivity contribution in [1.29, 1.82) is 0 Å². The lowest BCUT2D eigenvalue weighted by atomic mass is 10.3. The van der Waals surface area contributed by atoms with Gasteiger partial charge in [0, 0.05) is 18.3 Å². The molecule has 0 unspecified atom stereocenters. The Hall–Kier alpha value is -2.58. The number of ether oxygens (including phenoxy) is 2. The number of anilines is 1. The Balaban J connectivity index is 1.70. The van der Waals surface area contributed by atoms with Crippen molar-refractivity contribution < 1.29 is 22.7 Å². The molecule has 1 N–H and O–H groups in total. The van der Waals surface area contributed by atoms with Gasteiger partial charge in [-0.15, -0.1) is 0 Å². The molecule has 0 aromatic heterocycles. The van der Waals surface area contributed by atoms with Crippen LogP contribution in [0.5, 0.6) is 11.5 Å². The first kappa shape index (κ1) is 17.2. The van der Waals surface area contributed by atoms with Crippen LogP contribution in [0.1, 0.15) is 6.92 Å². The predicted molar refractivity (Wildman–Crippen MR) is 92.2 cm³/mol. The molecular formula is C17H18N2O5S. The summed E-state index contributed by atoms with van der Waals surface area (Å²) < 4.78 is 37.5. The maximum absolute atomic E-state index is 12.4. The predicted octanol–water partition coefficient (Wildman–Crippen LogP) is 1.75. The molecule has 132 valence electrons. The average Bonchev–Trinajstić information content (AvgIpc) is 3.09. The van der Waals surface area contributed by atoms with E-state index >= 15 is 0 Å². The van der Waals surface area contributed by atoms with E-state index < -0.39 is 10.0 Å². The Morgan fingerprint density at radius 2 is 1.84 bits per heavy atom. The summed E-state index contributed by atoms with van der Waals surface area (Å²) in [6.07, 6.45) is 0. The number of benzene rings is 2. The van der Waals surface area contributed by atoms with Crippen LogP contribution in [0.3, 0.4) is 0 Å². The highest BCUT2D eigenvalue weighted by Crippen LogP contribution is 2.33. The second-order valence-electron chi connectivity index (χ2n) is 5.31. The number of carbonyl (C=O) groups is 1. The number of likely N-dealkylation sites (N-methyl/N-ethyl adjacent to an activating group) is 1. The van der Waals surface area contributed by atoms with E-state index in [9.17, 15) is 13.2 Å². The van der Waals surface area contributed by atoms with Crippen LogP contribution in [0.4, 0.5) is 5.69 Å². The van der Waals surface area contributed by atoms with Crippen LogP contribution in [-0.4, -0.2) is 34.2 Å². The van der Waals surface area contributed by atoms with Gasteiger partial charge in [-0.05, 0) is 31.2 Å². The molecule has 1 heterocycles. The number of nitrogens with one attached hydrogen (secondary N) is 1. The van der Waals surface area contributed by atoms with E-state index in [4.69, 9.17) is 9.47 Å². The highest BCUT2D eigenvalue weighted by atomic mass is 32.2. The van der Waals surface area contributed by atoms with Gasteiger partial charge in [0.15, 0.2) is 11.5 Å². The maximum atomic E-state index is 12.4. The molecule has 0 saturated heterocycles. The van der Waals surface area contributed by atoms with Crippen molar-refractivity contribution in [3.05, 3.63) is 48.5 Å². The van der Waals surface area contributed by atoms with Crippen LogP contribution in [0, 0.1) is 0 Å². The van der Waals surface area contributed by atoms with Crippen molar-refractivity contribution in [2.24, 2.45) is 0 Å². The second-order valence-corrected chi connectivity index (χ2v) is 7.08. The molecule has 7 nitrogen and oxygen atoms in total. The number of para-hydroxylation sites is 1. The molecular weight excluding hydrogens is 344 g/mol. The van der Waals surface area contributed by atoms with Crippen molar-refractivity contribution in [1.82, 2.24) is 4.72 Å². The highest BCUT2D eigenvalue weighted by molar-refractivity contribution is 7.89. The molecule has 0 atom stereocenters. The number of amides is 1. The quantitative estimate of drug-likeness (QED) is 0.846. The van der Waals surface area contributed by atoms with Gasteiger partial charge in [-0.25, -0.2) is 13.1 Å². The first-order valence-corrected chi connectivity index (χ1v) is 9.24. The zero-order valence-corrected chi connectivity index (χ0v) is 14.5. The summed E-state index contributed by atoms with van der Waals surface area (Å²) in [5.41, 5.74) is 0.720. The van der Waals surface area contributed by atoms with Gasteiger partial charge >= 0.3 is 0 Å². The number of nitrogens with zero attached hydrogens (tertiary/aromatic N) is 1. The lowest BCUT2D eigenvalue weighted by Gasteiger charge is -2.21. The third-order valence-electron chi connectivity index (χ3n) is 3.75. The van der Waals surface area contributed by atoms with Gasteiger partial charge in [0.25, 0.3) is 0 Å². The fraction of sp³-hybridized carbons (Fsp3) is 0.235. The molecule has 1 aliphatic rings. The Kier molecular flexibility index (Phi) is 4.91. The number of rotatable bonds is 6. The minimum atomic E-state index is -3.83. The summed E-state index contributed by atoms with van der Waals surface area (Å²) in [5.74, 6) is 0.531. The first-order valence-electron chi connectivity index (χ1n) is 7.76. The van der Waals surface area contributed by atoms with Gasteiger partial charge in [0.05, 0.1) is 11.4 Å². The zero-order valence-electron chi connectivity index (χ0n) is 13.6. The van der Waals surface area contributed by atoms with Gasteiger partial charge in [-0.2, -0.15) is 0 Å². The number of carbonyl (C=O) groups excluding carboxylic acids is 1. The molecule has 0 bridgehead atoms. The van der Waals surface area contributed by atoms with Crippen LogP contribution in [0.25, 0.3) is 0 Å². The van der Waals surface area contributed by atoms with Crippen molar-refractivity contribution in [3.63, 3.8) is 0 Å². The third kappa shape index (κ3) is 3.75. The summed E-state index contributed by atoms with van der Waals surface area (Å²) in [4.78, 5) is 13.9. The molecule has 0 spiro atoms. The topological polar surface area (TPSA) is 84.9 Å². The second kappa shape index (κ2) is 7.12. The molecule has 0 aliphatic carbocycles. The Bertz CT molecular complexity index is 868. The number of fused-ring (bicyclic) bond motifs is 1. The van der Waals surface area contributed by atoms with Gasteiger partial charge in [0.2, 0.25) is 22.7 Å². The molecule has 0 saturated carbocycles. The Morgan fingerprint density at radius 1 is 1.12 bits per heavy atom. The Labute approximate surface area is 146 Å². The molecule has 2 aromatic rings. The summed E-state index contributed by atoms with van der Waals surface area (Å²) in [6.45, 7) is 2.00. The van der Waals surface area contributed by atoms with E-state index in [1.54, 1.807) is 12.1 Å². The molecule has 25 heavy (non-hydrogen) atoms. The van der Waals surface area contributed by atoms with Crippen LogP contribution >= 0.6 is 0 Å². The van der Waals surface area contributed by atoms with Gasteiger partial charge < -0.3 is 14.4 Å². The van der Waals surface area contributed by atoms with Crippen LogP contribution in [-0.2, 0) is 14.8 Å². The molecule has 1 aliphatic heterocycles. The zero-order chi connectivity index (χ0) is 17.9. The summed E-state index contributed by atoms with van der Waals surface area (Å²) >= 11 is 0. The fourth-order valence-electron chi connectivity index (χ4n) is 2.49. The minimum Gasteiger partial charge on any atom is -0.454 e. The van der Waals surface area contributed by atoms with Crippen molar-refractivity contribution in [2.75, 3.05) is 24.8 Å². The standard InChI is InChI=1S/C17H18N2O5S/c1-2-19(13-6-4-3-5-7-13)17(20)11-18-25(21,22)14-8-9-15-16(10-14)24-12-23-15/h3-10,18H,2,11-12H2,1H3. The number of sulfonamides is 1. The van der Waals surface area contributed by atoms with Crippen LogP contribution in [0.15, 0.2) is 53.4 Å². The van der Waals surface area contributed by atoms with Crippen molar-refractivity contribution in [3.8, 4) is 11.5 Å². The SMILES string of the molecule is CCN(C(=O)CNS(=O)(=O)c1ccc2c(c1)OCO2)c1ccccc1. The lowest BCUT2D eigenvalue weighted by molar-refractivity contribution is -0.117. The molecule has 3 rings (SSSR count). The largest absolute Gasteiger partial charge is 0.454 e. The van der Waals surface area contributed by atoms with Gasteiger partial charge in [-0.1, -0.05) is 18.2 Å². The molecule has 1 amide bonds. The molecule has 0 radical (unpaired) electrons. The molecule has 2 aromatic carbocycles. The van der Waals surface area contributed by atoms with E-state index in [1.165, 1.54) is 23.1 Å². The minimum absolute atomic E-state index is 0.0207. The summed E-state index contributed by atoms with van der Waals surface area (Å²) in [6, 6.07) is 13.4. The van der Waals surface area contributed by atoms with Crippen LogP contribution in [0.2, 0.25) is 0 Å². The van der Waals surface area contributed by atoms with E-state index in [1.807, 2.05) is 25.1 Å². The van der Waals surface area contributed by atoms with Crippen LogP contribution < -0.4 is 19.1 Å². The van der Waals surface area contributed by atoms with Crippen molar-refractivity contribution >= 4 is 21.6 Å². The lowest BCUT2D eigenvalue weighted by Crippen LogP contribution is -2.40. The number of hydrogen-bond donors (Lipinski definition) is 1. The monoisotopic (exact) mass is 362 g/mol. The first-order chi connectivity index (χ1) is 12.0. The van der Waals surface area contributed by atoms with Crippen molar-refractivity contribution in [2.45, 2.75) is 11.8 Å².